The molecule has 20 heavy (non-hydrogen) atoms. The molecule has 0 N–H and O–H groups in total. The van der Waals surface area contributed by atoms with Gasteiger partial charge in [-0.1, -0.05) is 30.3 Å². The molecular weight excluding hydrogens is 255 g/mol. The molecule has 0 aliphatic heterocycles. The molecule has 0 unspecified atom stereocenters. The van der Waals surface area contributed by atoms with E-state index in [9.17, 15) is 9.18 Å². The van der Waals surface area contributed by atoms with Gasteiger partial charge in [-0.25, -0.2) is 4.39 Å². The molecule has 0 bridgehead atoms. The lowest BCUT2D eigenvalue weighted by atomic mass is 10.1. The first-order chi connectivity index (χ1) is 9.79. The van der Waals surface area contributed by atoms with Crippen LogP contribution in [0.3, 0.4) is 0 Å². The van der Waals surface area contributed by atoms with Gasteiger partial charge in [-0.2, -0.15) is 0 Å². The number of rotatable bonds is 7. The molecule has 0 aromatic heterocycles. The van der Waals surface area contributed by atoms with Crippen molar-refractivity contribution in [2.45, 2.75) is 19.3 Å². The van der Waals surface area contributed by atoms with Crippen molar-refractivity contribution in [3.8, 4) is 5.75 Å². The third-order valence-electron chi connectivity index (χ3n) is 3.07. The van der Waals surface area contributed by atoms with E-state index in [1.54, 1.807) is 6.07 Å². The van der Waals surface area contributed by atoms with Gasteiger partial charge in [-0.15, -0.1) is 0 Å². The van der Waals surface area contributed by atoms with E-state index in [0.29, 0.717) is 18.6 Å². The van der Waals surface area contributed by atoms with Crippen LogP contribution in [0.1, 0.15) is 28.8 Å². The fourth-order valence-electron chi connectivity index (χ4n) is 1.96. The van der Waals surface area contributed by atoms with Gasteiger partial charge in [0.15, 0.2) is 6.29 Å². The molecule has 2 aromatic rings. The van der Waals surface area contributed by atoms with Crippen LogP contribution in [0.25, 0.3) is 0 Å². The third kappa shape index (κ3) is 4.19. The minimum Gasteiger partial charge on any atom is -0.493 e. The van der Waals surface area contributed by atoms with Crippen LogP contribution in [0.4, 0.5) is 4.39 Å². The van der Waals surface area contributed by atoms with Gasteiger partial charge in [-0.05, 0) is 37.0 Å². The van der Waals surface area contributed by atoms with E-state index >= 15 is 0 Å². The van der Waals surface area contributed by atoms with E-state index < -0.39 is 5.82 Å². The molecule has 0 spiro atoms. The summed E-state index contributed by atoms with van der Waals surface area (Å²) in [5.74, 6) is -0.0744. The quantitative estimate of drug-likeness (QED) is 0.561. The molecule has 2 nitrogen and oxygen atoms in total. The summed E-state index contributed by atoms with van der Waals surface area (Å²) in [6.45, 7) is 0.548. The van der Waals surface area contributed by atoms with Crippen molar-refractivity contribution in [1.82, 2.24) is 0 Å². The molecule has 0 heterocycles. The molecule has 2 rings (SSSR count). The van der Waals surface area contributed by atoms with Crippen LogP contribution in [0.5, 0.6) is 5.75 Å². The van der Waals surface area contributed by atoms with Gasteiger partial charge >= 0.3 is 0 Å². The molecule has 0 saturated carbocycles. The van der Waals surface area contributed by atoms with E-state index in [1.165, 1.54) is 17.7 Å². The summed E-state index contributed by atoms with van der Waals surface area (Å²) >= 11 is 0. The first kappa shape index (κ1) is 14.3. The lowest BCUT2D eigenvalue weighted by Crippen LogP contribution is -1.99. The molecule has 104 valence electrons. The standard InChI is InChI=1S/C17H17FO2/c18-17-12-16(10-9-15(17)13-19)20-11-5-4-8-14-6-2-1-3-7-14/h1-3,6-7,9-10,12-13H,4-5,8,11H2. The highest BCUT2D eigenvalue weighted by molar-refractivity contribution is 5.75. The second-order valence-corrected chi connectivity index (χ2v) is 4.59. The van der Waals surface area contributed by atoms with Crippen LogP contribution < -0.4 is 4.74 Å². The normalized spacial score (nSPS) is 10.2. The maximum atomic E-state index is 13.3. The molecule has 0 amide bonds. The Morgan fingerprint density at radius 1 is 1.05 bits per heavy atom. The number of aryl methyl sites for hydroxylation is 1. The van der Waals surface area contributed by atoms with Gasteiger partial charge in [0.05, 0.1) is 12.2 Å². The molecule has 0 radical (unpaired) electrons. The summed E-state index contributed by atoms with van der Waals surface area (Å²) in [5, 5.41) is 0. The highest BCUT2D eigenvalue weighted by Gasteiger charge is 2.03. The number of ether oxygens (including phenoxy) is 1. The predicted octanol–water partition coefficient (Wildman–Crippen LogP) is 4.04. The smallest absolute Gasteiger partial charge is 0.152 e. The molecule has 0 saturated heterocycles. The van der Waals surface area contributed by atoms with Crippen LogP contribution in [0, 0.1) is 5.82 Å². The topological polar surface area (TPSA) is 26.3 Å². The van der Waals surface area contributed by atoms with Crippen molar-refractivity contribution in [3.63, 3.8) is 0 Å². The third-order valence-corrected chi connectivity index (χ3v) is 3.07. The van der Waals surface area contributed by atoms with Crippen molar-refractivity contribution in [1.29, 1.82) is 0 Å². The average molecular weight is 272 g/mol. The van der Waals surface area contributed by atoms with E-state index in [2.05, 4.69) is 12.1 Å². The zero-order valence-electron chi connectivity index (χ0n) is 11.2. The number of benzene rings is 2. The van der Waals surface area contributed by atoms with Gasteiger partial charge < -0.3 is 4.74 Å². The number of hydrogen-bond donors (Lipinski definition) is 0. The zero-order chi connectivity index (χ0) is 14.2. The fraction of sp³-hybridized carbons (Fsp3) is 0.235. The largest absolute Gasteiger partial charge is 0.493 e. The van der Waals surface area contributed by atoms with E-state index in [-0.39, 0.29) is 5.56 Å². The Balaban J connectivity index is 1.71. The molecule has 2 aromatic carbocycles. The first-order valence-electron chi connectivity index (χ1n) is 6.71. The Hall–Kier alpha value is -2.16. The van der Waals surface area contributed by atoms with Gasteiger partial charge in [0.1, 0.15) is 11.6 Å². The Kier molecular flexibility index (Phi) is 5.30. The van der Waals surface area contributed by atoms with Crippen LogP contribution >= 0.6 is 0 Å². The second kappa shape index (κ2) is 7.43. The molecular formula is C17H17FO2. The molecule has 0 aliphatic carbocycles. The Morgan fingerprint density at radius 2 is 1.85 bits per heavy atom. The SMILES string of the molecule is O=Cc1ccc(OCCCCc2ccccc2)cc1F. The number of hydrogen-bond acceptors (Lipinski definition) is 2. The zero-order valence-corrected chi connectivity index (χ0v) is 11.2. The number of unbranched alkanes of at least 4 members (excludes halogenated alkanes) is 1. The van der Waals surface area contributed by atoms with Crippen molar-refractivity contribution in [2.75, 3.05) is 6.61 Å². The summed E-state index contributed by atoms with van der Waals surface area (Å²) in [6.07, 6.45) is 3.45. The Labute approximate surface area is 118 Å². The van der Waals surface area contributed by atoms with Crippen LogP contribution in [-0.2, 0) is 6.42 Å². The highest BCUT2D eigenvalue weighted by atomic mass is 19.1. The molecule has 0 fully saturated rings. The Bertz CT molecular complexity index is 552. The van der Waals surface area contributed by atoms with Gasteiger partial charge in [0.25, 0.3) is 0 Å². The van der Waals surface area contributed by atoms with Crippen molar-refractivity contribution >= 4 is 6.29 Å². The first-order valence-corrected chi connectivity index (χ1v) is 6.71. The second-order valence-electron chi connectivity index (χ2n) is 4.59. The van der Waals surface area contributed by atoms with E-state index in [0.717, 1.165) is 19.3 Å². The molecule has 0 aliphatic rings. The van der Waals surface area contributed by atoms with Crippen molar-refractivity contribution < 1.29 is 13.9 Å². The summed E-state index contributed by atoms with van der Waals surface area (Å²) in [4.78, 5) is 10.5. The lowest BCUT2D eigenvalue weighted by Gasteiger charge is -2.07. The highest BCUT2D eigenvalue weighted by Crippen LogP contribution is 2.16. The Morgan fingerprint density at radius 3 is 2.55 bits per heavy atom. The van der Waals surface area contributed by atoms with E-state index in [1.807, 2.05) is 18.2 Å². The average Bonchev–Trinajstić information content (AvgIpc) is 2.48. The minimum absolute atomic E-state index is 0.0569. The number of aldehydes is 1. The van der Waals surface area contributed by atoms with Crippen LogP contribution in [0.15, 0.2) is 48.5 Å². The van der Waals surface area contributed by atoms with Gasteiger partial charge in [0.2, 0.25) is 0 Å². The molecule has 3 heteroatoms. The summed E-state index contributed by atoms with van der Waals surface area (Å²) < 4.78 is 18.8. The fourth-order valence-corrected chi connectivity index (χ4v) is 1.96. The summed E-state index contributed by atoms with van der Waals surface area (Å²) in [7, 11) is 0. The predicted molar refractivity (Wildman–Crippen MR) is 76.7 cm³/mol. The number of halogens is 1. The maximum Gasteiger partial charge on any atom is 0.152 e. The monoisotopic (exact) mass is 272 g/mol. The van der Waals surface area contributed by atoms with E-state index in [4.69, 9.17) is 4.74 Å². The van der Waals surface area contributed by atoms with Crippen molar-refractivity contribution in [3.05, 3.63) is 65.5 Å². The maximum absolute atomic E-state index is 13.3. The summed E-state index contributed by atoms with van der Waals surface area (Å²) in [6, 6.07) is 14.6. The number of carbonyl (C=O) groups is 1. The van der Waals surface area contributed by atoms with Crippen molar-refractivity contribution in [2.24, 2.45) is 0 Å². The van der Waals surface area contributed by atoms with Crippen LogP contribution in [0.2, 0.25) is 0 Å². The summed E-state index contributed by atoms with van der Waals surface area (Å²) in [5.41, 5.74) is 1.37. The van der Waals surface area contributed by atoms with Gasteiger partial charge in [0, 0.05) is 6.07 Å². The number of carbonyl (C=O) groups excluding carboxylic acids is 1. The minimum atomic E-state index is -0.540. The van der Waals surface area contributed by atoms with Crippen LogP contribution in [-0.4, -0.2) is 12.9 Å². The lowest BCUT2D eigenvalue weighted by molar-refractivity contribution is 0.111. The molecule has 0 atom stereocenters. The van der Waals surface area contributed by atoms with Gasteiger partial charge in [-0.3, -0.25) is 4.79 Å².